The van der Waals surface area contributed by atoms with Gasteiger partial charge in [-0.1, -0.05) is 0 Å². The largest absolute Gasteiger partial charge is 0.391 e. The summed E-state index contributed by atoms with van der Waals surface area (Å²) in [6, 6.07) is 5.77. The number of hydrogen-bond acceptors (Lipinski definition) is 4. The number of nitrogens with zero attached hydrogens (tertiary/aromatic N) is 3. The van der Waals surface area contributed by atoms with Gasteiger partial charge in [-0.3, -0.25) is 0 Å². The average Bonchev–Trinajstić information content (AvgIpc) is 2.29. The Hall–Kier alpha value is -1.60. The lowest BCUT2D eigenvalue weighted by Gasteiger charge is -2.32. The highest BCUT2D eigenvalue weighted by molar-refractivity contribution is 5.55. The highest BCUT2D eigenvalue weighted by Gasteiger charge is 2.20. The predicted octanol–water partition coefficient (Wildman–Crippen LogP) is 0.914. The maximum Gasteiger partial charge on any atom is 0.163 e. The maximum atomic E-state index is 9.56. The Morgan fingerprint density at radius 3 is 3.20 bits per heavy atom. The van der Waals surface area contributed by atoms with Gasteiger partial charge in [0.25, 0.3) is 0 Å². The van der Waals surface area contributed by atoms with Crippen LogP contribution in [0.2, 0.25) is 0 Å². The van der Waals surface area contributed by atoms with E-state index in [1.807, 2.05) is 17.0 Å². The molecular formula is C11H13N3O. The third-order valence-electron chi connectivity index (χ3n) is 2.63. The number of piperidine rings is 1. The monoisotopic (exact) mass is 203 g/mol. The number of nitriles is 1. The molecule has 15 heavy (non-hydrogen) atoms. The molecule has 1 aromatic rings. The Labute approximate surface area is 88.8 Å². The molecule has 1 aliphatic rings. The van der Waals surface area contributed by atoms with Crippen LogP contribution in [0.4, 0.5) is 5.69 Å². The fraction of sp³-hybridized carbons (Fsp3) is 0.455. The van der Waals surface area contributed by atoms with E-state index in [4.69, 9.17) is 5.26 Å². The molecule has 2 rings (SSSR count). The summed E-state index contributed by atoms with van der Waals surface area (Å²) in [5.41, 5.74) is 1.27. The SMILES string of the molecule is N#Cc1ncccc1N1CCCC(O)C1. The van der Waals surface area contributed by atoms with Crippen molar-refractivity contribution in [1.82, 2.24) is 4.98 Å². The fourth-order valence-electron chi connectivity index (χ4n) is 1.91. The molecule has 0 aliphatic carbocycles. The zero-order chi connectivity index (χ0) is 10.7. The summed E-state index contributed by atoms with van der Waals surface area (Å²) < 4.78 is 0. The van der Waals surface area contributed by atoms with Crippen LogP contribution in [0.5, 0.6) is 0 Å². The minimum Gasteiger partial charge on any atom is -0.391 e. The van der Waals surface area contributed by atoms with E-state index in [1.165, 1.54) is 0 Å². The second-order valence-corrected chi connectivity index (χ2v) is 3.73. The van der Waals surface area contributed by atoms with E-state index in [2.05, 4.69) is 11.1 Å². The molecule has 1 aliphatic heterocycles. The van der Waals surface area contributed by atoms with Gasteiger partial charge in [-0.15, -0.1) is 0 Å². The lowest BCUT2D eigenvalue weighted by molar-refractivity contribution is 0.154. The van der Waals surface area contributed by atoms with Crippen molar-refractivity contribution < 1.29 is 5.11 Å². The topological polar surface area (TPSA) is 60.2 Å². The first kappa shape index (κ1) is 9.94. The van der Waals surface area contributed by atoms with Gasteiger partial charge in [-0.2, -0.15) is 5.26 Å². The van der Waals surface area contributed by atoms with Gasteiger partial charge >= 0.3 is 0 Å². The number of pyridine rings is 1. The molecule has 1 fully saturated rings. The van der Waals surface area contributed by atoms with Gasteiger partial charge in [-0.25, -0.2) is 4.98 Å². The van der Waals surface area contributed by atoms with Crippen LogP contribution in [0, 0.1) is 11.3 Å². The summed E-state index contributed by atoms with van der Waals surface area (Å²) in [5, 5.41) is 18.5. The molecule has 1 N–H and O–H groups in total. The normalized spacial score (nSPS) is 21.1. The first-order valence-corrected chi connectivity index (χ1v) is 5.09. The zero-order valence-electron chi connectivity index (χ0n) is 8.43. The molecule has 1 unspecified atom stereocenters. The molecule has 2 heterocycles. The first-order valence-electron chi connectivity index (χ1n) is 5.09. The van der Waals surface area contributed by atoms with E-state index in [0.29, 0.717) is 12.2 Å². The van der Waals surface area contributed by atoms with Crippen molar-refractivity contribution in [2.45, 2.75) is 18.9 Å². The number of anilines is 1. The quantitative estimate of drug-likeness (QED) is 0.737. The Morgan fingerprint density at radius 2 is 2.47 bits per heavy atom. The standard InChI is InChI=1S/C11H13N3O/c12-7-10-11(4-1-5-13-10)14-6-2-3-9(15)8-14/h1,4-5,9,15H,2-3,6,8H2. The molecule has 0 saturated carbocycles. The molecule has 1 atom stereocenters. The van der Waals surface area contributed by atoms with Crippen molar-refractivity contribution in [2.24, 2.45) is 0 Å². The van der Waals surface area contributed by atoms with Gasteiger partial charge in [0.15, 0.2) is 5.69 Å². The second kappa shape index (κ2) is 4.28. The highest BCUT2D eigenvalue weighted by atomic mass is 16.3. The van der Waals surface area contributed by atoms with Gasteiger partial charge in [0.2, 0.25) is 0 Å². The molecule has 4 nitrogen and oxygen atoms in total. The Kier molecular flexibility index (Phi) is 2.84. The van der Waals surface area contributed by atoms with Gasteiger partial charge < -0.3 is 10.0 Å². The molecule has 4 heteroatoms. The fourth-order valence-corrected chi connectivity index (χ4v) is 1.91. The van der Waals surface area contributed by atoms with E-state index in [-0.39, 0.29) is 6.10 Å². The van der Waals surface area contributed by atoms with Crippen LogP contribution < -0.4 is 4.90 Å². The Balaban J connectivity index is 2.25. The maximum absolute atomic E-state index is 9.56. The molecule has 0 spiro atoms. The van der Waals surface area contributed by atoms with E-state index in [1.54, 1.807) is 6.20 Å². The summed E-state index contributed by atoms with van der Waals surface area (Å²) >= 11 is 0. The number of aliphatic hydroxyl groups excluding tert-OH is 1. The third-order valence-corrected chi connectivity index (χ3v) is 2.63. The van der Waals surface area contributed by atoms with Crippen molar-refractivity contribution >= 4 is 5.69 Å². The first-order chi connectivity index (χ1) is 7.31. The molecular weight excluding hydrogens is 190 g/mol. The number of hydrogen-bond donors (Lipinski definition) is 1. The number of β-amino-alcohol motifs (C(OH)–C–C–N with tert-alkyl or cyclic N) is 1. The van der Waals surface area contributed by atoms with Gasteiger partial charge in [0, 0.05) is 19.3 Å². The molecule has 0 aromatic carbocycles. The average molecular weight is 203 g/mol. The molecule has 0 radical (unpaired) electrons. The van der Waals surface area contributed by atoms with Crippen molar-refractivity contribution in [3.8, 4) is 6.07 Å². The summed E-state index contributed by atoms with van der Waals surface area (Å²) in [6.07, 6.45) is 3.13. The molecule has 0 amide bonds. The van der Waals surface area contributed by atoms with Crippen LogP contribution in [0.25, 0.3) is 0 Å². The van der Waals surface area contributed by atoms with Crippen molar-refractivity contribution in [3.05, 3.63) is 24.0 Å². The minimum atomic E-state index is -0.287. The van der Waals surface area contributed by atoms with E-state index < -0.39 is 0 Å². The predicted molar refractivity (Wildman–Crippen MR) is 56.4 cm³/mol. The summed E-state index contributed by atoms with van der Waals surface area (Å²) in [7, 11) is 0. The number of rotatable bonds is 1. The zero-order valence-corrected chi connectivity index (χ0v) is 8.43. The minimum absolute atomic E-state index is 0.287. The lowest BCUT2D eigenvalue weighted by atomic mass is 10.1. The summed E-state index contributed by atoms with van der Waals surface area (Å²) in [4.78, 5) is 6.04. The van der Waals surface area contributed by atoms with Gasteiger partial charge in [-0.05, 0) is 25.0 Å². The van der Waals surface area contributed by atoms with Gasteiger partial charge in [0.1, 0.15) is 6.07 Å². The molecule has 0 bridgehead atoms. The van der Waals surface area contributed by atoms with Crippen LogP contribution in [-0.2, 0) is 0 Å². The van der Waals surface area contributed by atoms with Crippen LogP contribution in [0.1, 0.15) is 18.5 Å². The van der Waals surface area contributed by atoms with Crippen molar-refractivity contribution in [3.63, 3.8) is 0 Å². The Morgan fingerprint density at radius 1 is 1.60 bits per heavy atom. The van der Waals surface area contributed by atoms with E-state index >= 15 is 0 Å². The van der Waals surface area contributed by atoms with Crippen molar-refractivity contribution in [2.75, 3.05) is 18.0 Å². The van der Waals surface area contributed by atoms with Crippen LogP contribution >= 0.6 is 0 Å². The van der Waals surface area contributed by atoms with E-state index in [9.17, 15) is 5.11 Å². The van der Waals surface area contributed by atoms with Crippen LogP contribution in [-0.4, -0.2) is 29.3 Å². The Bertz CT molecular complexity index is 386. The van der Waals surface area contributed by atoms with Crippen LogP contribution in [0.3, 0.4) is 0 Å². The second-order valence-electron chi connectivity index (χ2n) is 3.73. The van der Waals surface area contributed by atoms with Gasteiger partial charge in [0.05, 0.1) is 11.8 Å². The van der Waals surface area contributed by atoms with Crippen molar-refractivity contribution in [1.29, 1.82) is 5.26 Å². The van der Waals surface area contributed by atoms with Crippen LogP contribution in [0.15, 0.2) is 18.3 Å². The molecule has 1 aromatic heterocycles. The third kappa shape index (κ3) is 2.08. The number of aromatic nitrogens is 1. The summed E-state index contributed by atoms with van der Waals surface area (Å²) in [5.74, 6) is 0. The highest BCUT2D eigenvalue weighted by Crippen LogP contribution is 2.21. The molecule has 78 valence electrons. The van der Waals surface area contributed by atoms with E-state index in [0.717, 1.165) is 25.1 Å². The molecule has 1 saturated heterocycles. The lowest BCUT2D eigenvalue weighted by Crippen LogP contribution is -2.38. The summed E-state index contributed by atoms with van der Waals surface area (Å²) in [6.45, 7) is 1.48. The number of aliphatic hydroxyl groups is 1. The smallest absolute Gasteiger partial charge is 0.163 e.